The lowest BCUT2D eigenvalue weighted by molar-refractivity contribution is -0.116. The lowest BCUT2D eigenvalue weighted by atomic mass is 10.2. The van der Waals surface area contributed by atoms with Crippen molar-refractivity contribution in [1.29, 1.82) is 0 Å². The van der Waals surface area contributed by atoms with Gasteiger partial charge in [-0.15, -0.1) is 0 Å². The van der Waals surface area contributed by atoms with Crippen LogP contribution in [-0.4, -0.2) is 31.6 Å². The van der Waals surface area contributed by atoms with Gasteiger partial charge in [0.25, 0.3) is 0 Å². The van der Waals surface area contributed by atoms with Crippen molar-refractivity contribution in [3.8, 4) is 0 Å². The smallest absolute Gasteiger partial charge is 0.339 e. The van der Waals surface area contributed by atoms with Crippen LogP contribution in [0, 0.1) is 0 Å². The zero-order chi connectivity index (χ0) is 15.8. The molecule has 1 amide bonds. The van der Waals surface area contributed by atoms with Gasteiger partial charge < -0.3 is 15.4 Å². The summed E-state index contributed by atoms with van der Waals surface area (Å²) in [5.74, 6) is -0.629. The quantitative estimate of drug-likeness (QED) is 0.600. The van der Waals surface area contributed by atoms with Gasteiger partial charge >= 0.3 is 5.97 Å². The van der Waals surface area contributed by atoms with Gasteiger partial charge in [0, 0.05) is 18.2 Å². The van der Waals surface area contributed by atoms with Crippen molar-refractivity contribution in [2.24, 2.45) is 0 Å². The molecule has 0 bridgehead atoms. The molecule has 21 heavy (non-hydrogen) atoms. The molecule has 0 aromatic heterocycles. The van der Waals surface area contributed by atoms with Crippen molar-refractivity contribution >= 4 is 29.2 Å². The van der Waals surface area contributed by atoms with Gasteiger partial charge in [0.1, 0.15) is 0 Å². The molecule has 0 aliphatic carbocycles. The maximum Gasteiger partial charge on any atom is 0.339 e. The molecule has 6 heteroatoms. The summed E-state index contributed by atoms with van der Waals surface area (Å²) in [5, 5.41) is 6.28. The largest absolute Gasteiger partial charge is 0.465 e. The minimum absolute atomic E-state index is 0.0984. The first kappa shape index (κ1) is 17.5. The van der Waals surface area contributed by atoms with E-state index in [2.05, 4.69) is 29.2 Å². The van der Waals surface area contributed by atoms with Crippen LogP contribution in [0.2, 0.25) is 5.02 Å². The molecule has 1 aromatic rings. The summed E-state index contributed by atoms with van der Waals surface area (Å²) in [5.41, 5.74) is 0.764. The molecule has 1 rings (SSSR count). The lowest BCUT2D eigenvalue weighted by Gasteiger charge is -2.09. The van der Waals surface area contributed by atoms with Crippen molar-refractivity contribution in [2.75, 3.05) is 19.0 Å². The number of ether oxygens (including phenoxy) is 1. The summed E-state index contributed by atoms with van der Waals surface area (Å²) >= 11 is 5.92. The highest BCUT2D eigenvalue weighted by Crippen LogP contribution is 2.21. The number of rotatable bonds is 7. The number of hydrogen-bond acceptors (Lipinski definition) is 4. The van der Waals surface area contributed by atoms with E-state index in [9.17, 15) is 9.59 Å². The van der Waals surface area contributed by atoms with Crippen molar-refractivity contribution in [3.05, 3.63) is 28.8 Å². The molecule has 0 aliphatic rings. The van der Waals surface area contributed by atoms with Crippen LogP contribution >= 0.6 is 11.6 Å². The van der Waals surface area contributed by atoms with Crippen molar-refractivity contribution in [1.82, 2.24) is 5.32 Å². The molecule has 0 radical (unpaired) electrons. The van der Waals surface area contributed by atoms with Gasteiger partial charge in [-0.2, -0.15) is 0 Å². The Labute approximate surface area is 130 Å². The van der Waals surface area contributed by atoms with Gasteiger partial charge in [0.05, 0.1) is 17.7 Å². The van der Waals surface area contributed by atoms with Crippen LogP contribution in [0.25, 0.3) is 0 Å². The molecule has 1 aromatic carbocycles. The van der Waals surface area contributed by atoms with Crippen LogP contribution in [-0.2, 0) is 9.53 Å². The van der Waals surface area contributed by atoms with Gasteiger partial charge in [-0.3, -0.25) is 4.79 Å². The van der Waals surface area contributed by atoms with Crippen molar-refractivity contribution in [2.45, 2.75) is 32.7 Å². The van der Waals surface area contributed by atoms with E-state index in [0.29, 0.717) is 23.2 Å². The third kappa shape index (κ3) is 6.14. The zero-order valence-corrected chi connectivity index (χ0v) is 13.3. The molecule has 0 saturated heterocycles. The number of amides is 1. The Bertz CT molecular complexity index is 504. The normalized spacial score (nSPS) is 10.5. The Hall–Kier alpha value is -1.59. The number of carbonyl (C=O) groups is 2. The second-order valence-corrected chi connectivity index (χ2v) is 5.35. The Morgan fingerprint density at radius 2 is 2.05 bits per heavy atom. The molecule has 2 N–H and O–H groups in total. The fraction of sp³-hybridized carbons (Fsp3) is 0.467. The number of esters is 1. The molecule has 116 valence electrons. The highest BCUT2D eigenvalue weighted by Gasteiger charge is 2.12. The summed E-state index contributed by atoms with van der Waals surface area (Å²) < 4.78 is 4.63. The lowest BCUT2D eigenvalue weighted by Crippen LogP contribution is -2.24. The predicted octanol–water partition coefficient (Wildman–Crippen LogP) is 2.84. The highest BCUT2D eigenvalue weighted by atomic mass is 35.5. The maximum atomic E-state index is 11.8. The van der Waals surface area contributed by atoms with E-state index >= 15 is 0 Å². The second-order valence-electron chi connectivity index (χ2n) is 4.95. The molecular formula is C15H21ClN2O3. The van der Waals surface area contributed by atoms with Crippen molar-refractivity contribution in [3.63, 3.8) is 0 Å². The van der Waals surface area contributed by atoms with E-state index in [1.807, 2.05) is 0 Å². The van der Waals surface area contributed by atoms with Gasteiger partial charge in [0.15, 0.2) is 0 Å². The molecule has 0 spiro atoms. The molecule has 0 heterocycles. The topological polar surface area (TPSA) is 67.4 Å². The first-order valence-corrected chi connectivity index (χ1v) is 7.23. The zero-order valence-electron chi connectivity index (χ0n) is 12.5. The number of halogens is 1. The first-order valence-electron chi connectivity index (χ1n) is 6.85. The monoisotopic (exact) mass is 312 g/mol. The van der Waals surface area contributed by atoms with E-state index in [0.717, 1.165) is 13.0 Å². The van der Waals surface area contributed by atoms with E-state index in [1.165, 1.54) is 13.2 Å². The average molecular weight is 313 g/mol. The molecule has 0 aliphatic heterocycles. The van der Waals surface area contributed by atoms with E-state index in [4.69, 9.17) is 11.6 Å². The number of anilines is 1. The average Bonchev–Trinajstić information content (AvgIpc) is 2.44. The van der Waals surface area contributed by atoms with E-state index < -0.39 is 5.97 Å². The van der Waals surface area contributed by atoms with E-state index in [-0.39, 0.29) is 11.5 Å². The summed E-state index contributed by atoms with van der Waals surface area (Å²) in [4.78, 5) is 23.3. The van der Waals surface area contributed by atoms with Crippen molar-refractivity contribution < 1.29 is 14.3 Å². The fourth-order valence-corrected chi connectivity index (χ4v) is 1.93. The molecule has 5 nitrogen and oxygen atoms in total. The molecular weight excluding hydrogens is 292 g/mol. The minimum atomic E-state index is -0.530. The summed E-state index contributed by atoms with van der Waals surface area (Å²) in [6.07, 6.45) is 1.16. The number of methoxy groups -OCH3 is 1. The van der Waals surface area contributed by atoms with Crippen LogP contribution in [0.4, 0.5) is 5.69 Å². The van der Waals surface area contributed by atoms with Crippen LogP contribution in [0.15, 0.2) is 18.2 Å². The van der Waals surface area contributed by atoms with Crippen LogP contribution in [0.5, 0.6) is 0 Å². The number of nitrogens with one attached hydrogen (secondary N) is 2. The van der Waals surface area contributed by atoms with Gasteiger partial charge in [-0.1, -0.05) is 25.4 Å². The second kappa shape index (κ2) is 8.64. The SMILES string of the molecule is COC(=O)c1cc(NC(=O)CCCNC(C)C)ccc1Cl. The molecule has 0 atom stereocenters. The predicted molar refractivity (Wildman–Crippen MR) is 83.8 cm³/mol. The number of carbonyl (C=O) groups excluding carboxylic acids is 2. The van der Waals surface area contributed by atoms with Gasteiger partial charge in [-0.25, -0.2) is 4.79 Å². The Balaban J connectivity index is 2.54. The van der Waals surface area contributed by atoms with E-state index in [1.54, 1.807) is 12.1 Å². The van der Waals surface area contributed by atoms with Gasteiger partial charge in [0.2, 0.25) is 5.91 Å². The minimum Gasteiger partial charge on any atom is -0.465 e. The van der Waals surface area contributed by atoms with Crippen LogP contribution in [0.3, 0.4) is 0 Å². The Morgan fingerprint density at radius 3 is 2.67 bits per heavy atom. The van der Waals surface area contributed by atoms with Gasteiger partial charge in [-0.05, 0) is 31.2 Å². The molecule has 0 saturated carbocycles. The number of benzene rings is 1. The van der Waals surface area contributed by atoms with Crippen LogP contribution in [0.1, 0.15) is 37.0 Å². The summed E-state index contributed by atoms with van der Waals surface area (Å²) in [6, 6.07) is 5.13. The summed E-state index contributed by atoms with van der Waals surface area (Å²) in [6.45, 7) is 4.91. The molecule has 0 fully saturated rings. The molecule has 0 unspecified atom stereocenters. The Morgan fingerprint density at radius 1 is 1.33 bits per heavy atom. The fourth-order valence-electron chi connectivity index (χ4n) is 1.73. The van der Waals surface area contributed by atoms with Crippen LogP contribution < -0.4 is 10.6 Å². The first-order chi connectivity index (χ1) is 9.93. The third-order valence-corrected chi connectivity index (χ3v) is 3.12. The summed E-state index contributed by atoms with van der Waals surface area (Å²) in [7, 11) is 1.28. The third-order valence-electron chi connectivity index (χ3n) is 2.79. The maximum absolute atomic E-state index is 11.8. The highest BCUT2D eigenvalue weighted by molar-refractivity contribution is 6.33. The number of hydrogen-bond donors (Lipinski definition) is 2. The standard InChI is InChI=1S/C15H21ClN2O3/c1-10(2)17-8-4-5-14(19)18-11-6-7-13(16)12(9-11)15(20)21-3/h6-7,9-10,17H,4-5,8H2,1-3H3,(H,18,19). The Kier molecular flexibility index (Phi) is 7.19.